The van der Waals surface area contributed by atoms with Crippen molar-refractivity contribution in [3.63, 3.8) is 0 Å². The number of hydrogen-bond acceptors (Lipinski definition) is 4. The third kappa shape index (κ3) is 19.5. The van der Waals surface area contributed by atoms with Gasteiger partial charge in [0.2, 0.25) is 0 Å². The maximum atomic E-state index is 9.13. The van der Waals surface area contributed by atoms with Gasteiger partial charge < -0.3 is 19.7 Å². The van der Waals surface area contributed by atoms with Gasteiger partial charge in [-0.05, 0) is 65.8 Å². The molecule has 0 unspecified atom stereocenters. The van der Waals surface area contributed by atoms with Crippen LogP contribution in [0, 0.1) is 12.2 Å². The summed E-state index contributed by atoms with van der Waals surface area (Å²) in [5.74, 6) is 1.86. The van der Waals surface area contributed by atoms with Crippen molar-refractivity contribution in [3.05, 3.63) is 97.1 Å². The van der Waals surface area contributed by atoms with E-state index in [2.05, 4.69) is 24.3 Å². The number of benzene rings is 2. The van der Waals surface area contributed by atoms with Crippen LogP contribution in [-0.2, 0) is 26.2 Å². The van der Waals surface area contributed by atoms with E-state index in [1.807, 2.05) is 78.0 Å². The van der Waals surface area contributed by atoms with Gasteiger partial charge in [0.05, 0.1) is 0 Å². The molecule has 0 aromatic heterocycles. The minimum atomic E-state index is -0.214. The molecule has 2 aliphatic rings. The smallest absolute Gasteiger partial charge is 0.508 e. The number of allylic oxidation sites excluding steroid dienone is 8. The van der Waals surface area contributed by atoms with E-state index in [-0.39, 0.29) is 48.9 Å². The van der Waals surface area contributed by atoms with Crippen LogP contribution in [0.5, 0.6) is 23.0 Å². The molecular formula is C30H38O4Zr. The van der Waals surface area contributed by atoms with E-state index in [1.165, 1.54) is 0 Å². The third-order valence-corrected chi connectivity index (χ3v) is 3.66. The maximum Gasteiger partial charge on any atom is 2.00 e. The van der Waals surface area contributed by atoms with Gasteiger partial charge >= 0.3 is 26.2 Å². The van der Waals surface area contributed by atoms with Crippen LogP contribution in [0.3, 0.4) is 0 Å². The minimum Gasteiger partial charge on any atom is -0.508 e. The number of phenols is 2. The van der Waals surface area contributed by atoms with E-state index in [0.29, 0.717) is 11.5 Å². The van der Waals surface area contributed by atoms with Crippen molar-refractivity contribution < 1.29 is 45.9 Å². The molecule has 186 valence electrons. The van der Waals surface area contributed by atoms with Crippen LogP contribution in [0.1, 0.15) is 54.4 Å². The fraction of sp³-hybridized carbons (Fsp3) is 0.333. The van der Waals surface area contributed by atoms with Gasteiger partial charge in [0.25, 0.3) is 0 Å². The minimum absolute atomic E-state index is 0. The molecule has 0 atom stereocenters. The van der Waals surface area contributed by atoms with Crippen molar-refractivity contribution in [1.29, 1.82) is 0 Å². The number of phenolic OH excluding ortho intramolecular Hbond substituents is 2. The standard InChI is InChI=1S/2C10H14O2.2C5H5.Zr/c2*1-10(2,3)12-9-6-4-5-8(11)7-9;2*1-2-4-5-3-1;/h2*4-7,11H,1-3H3;2*1-3H,4H2;/q;;2*-1;+2. The summed E-state index contributed by atoms with van der Waals surface area (Å²) in [6.07, 6.45) is 20.0. The van der Waals surface area contributed by atoms with Gasteiger partial charge in [-0.2, -0.15) is 12.2 Å². The van der Waals surface area contributed by atoms with Gasteiger partial charge in [-0.3, -0.25) is 12.2 Å². The van der Waals surface area contributed by atoms with Gasteiger partial charge in [-0.25, -0.2) is 24.3 Å². The Morgan fingerprint density at radius 1 is 0.657 bits per heavy atom. The molecule has 0 fully saturated rings. The van der Waals surface area contributed by atoms with Gasteiger partial charge in [-0.15, -0.1) is 12.8 Å². The fourth-order valence-electron chi connectivity index (χ4n) is 2.48. The second-order valence-corrected chi connectivity index (χ2v) is 9.43. The summed E-state index contributed by atoms with van der Waals surface area (Å²) < 4.78 is 11.0. The summed E-state index contributed by atoms with van der Waals surface area (Å²) in [5, 5.41) is 18.3. The molecule has 4 nitrogen and oxygen atoms in total. The van der Waals surface area contributed by atoms with Gasteiger partial charge in [0, 0.05) is 12.1 Å². The van der Waals surface area contributed by atoms with E-state index in [4.69, 9.17) is 19.7 Å². The average molecular weight is 554 g/mol. The topological polar surface area (TPSA) is 58.9 Å². The first kappa shape index (κ1) is 32.5. The van der Waals surface area contributed by atoms with E-state index in [0.717, 1.165) is 12.8 Å². The van der Waals surface area contributed by atoms with E-state index in [1.54, 1.807) is 36.4 Å². The van der Waals surface area contributed by atoms with Crippen LogP contribution < -0.4 is 9.47 Å². The number of hydrogen-bond donors (Lipinski definition) is 2. The van der Waals surface area contributed by atoms with Gasteiger partial charge in [0.15, 0.2) is 0 Å². The monoisotopic (exact) mass is 552 g/mol. The van der Waals surface area contributed by atoms with Crippen molar-refractivity contribution in [1.82, 2.24) is 0 Å². The van der Waals surface area contributed by atoms with Crippen molar-refractivity contribution in [2.75, 3.05) is 0 Å². The number of ether oxygens (including phenoxy) is 2. The molecule has 2 aromatic carbocycles. The van der Waals surface area contributed by atoms with Gasteiger partial charge in [-0.1, -0.05) is 12.1 Å². The quantitative estimate of drug-likeness (QED) is 0.373. The van der Waals surface area contributed by atoms with E-state index >= 15 is 0 Å². The van der Waals surface area contributed by atoms with Crippen LogP contribution in [0.2, 0.25) is 0 Å². The molecule has 2 N–H and O–H groups in total. The molecule has 0 radical (unpaired) electrons. The summed E-state index contributed by atoms with van der Waals surface area (Å²) in [4.78, 5) is 0. The Bertz CT molecular complexity index is 861. The van der Waals surface area contributed by atoms with E-state index < -0.39 is 0 Å². The molecular weight excluding hydrogens is 516 g/mol. The van der Waals surface area contributed by atoms with Crippen molar-refractivity contribution >= 4 is 0 Å². The van der Waals surface area contributed by atoms with Crippen molar-refractivity contribution in [3.8, 4) is 23.0 Å². The molecule has 0 aliphatic heterocycles. The first-order chi connectivity index (χ1) is 15.9. The predicted molar refractivity (Wildman–Crippen MR) is 140 cm³/mol. The molecule has 35 heavy (non-hydrogen) atoms. The van der Waals surface area contributed by atoms with E-state index in [9.17, 15) is 0 Å². The molecule has 5 heteroatoms. The molecule has 4 rings (SSSR count). The van der Waals surface area contributed by atoms with Crippen molar-refractivity contribution in [2.45, 2.75) is 65.6 Å². The SMILES string of the molecule is CC(C)(C)Oc1cccc(O)c1.CC(C)(C)Oc1cccc(O)c1.[C-]1=CC=CC1.[C-]1=CC=CC1.[Zr+2]. The van der Waals surface area contributed by atoms with Crippen molar-refractivity contribution in [2.24, 2.45) is 0 Å². The fourth-order valence-corrected chi connectivity index (χ4v) is 2.48. The zero-order valence-electron chi connectivity index (χ0n) is 21.7. The molecule has 0 spiro atoms. The van der Waals surface area contributed by atoms with Crippen LogP contribution in [0.25, 0.3) is 0 Å². The molecule has 0 saturated carbocycles. The number of rotatable bonds is 2. The second-order valence-electron chi connectivity index (χ2n) is 9.43. The van der Waals surface area contributed by atoms with Crippen LogP contribution in [0.15, 0.2) is 85.0 Å². The van der Waals surface area contributed by atoms with Crippen LogP contribution >= 0.6 is 0 Å². The zero-order valence-corrected chi connectivity index (χ0v) is 24.2. The van der Waals surface area contributed by atoms with Crippen LogP contribution in [-0.4, -0.2) is 21.4 Å². The Labute approximate surface area is 230 Å². The summed E-state index contributed by atoms with van der Waals surface area (Å²) in [5.41, 5.74) is -0.429. The average Bonchev–Trinajstić information content (AvgIpc) is 3.45. The zero-order chi connectivity index (χ0) is 25.5. The van der Waals surface area contributed by atoms with Gasteiger partial charge in [0.1, 0.15) is 34.2 Å². The Kier molecular flexibility index (Phi) is 15.8. The molecule has 2 aromatic rings. The Hall–Kier alpha value is -2.52. The second kappa shape index (κ2) is 17.0. The Balaban J connectivity index is 0.000000468. The first-order valence-electron chi connectivity index (χ1n) is 11.3. The normalized spacial score (nSPS) is 12.7. The first-order valence-corrected chi connectivity index (χ1v) is 11.3. The Morgan fingerprint density at radius 3 is 1.23 bits per heavy atom. The molecule has 2 aliphatic carbocycles. The molecule has 0 bridgehead atoms. The molecule has 0 heterocycles. The van der Waals surface area contributed by atoms with Crippen LogP contribution in [0.4, 0.5) is 0 Å². The predicted octanol–water partition coefficient (Wildman–Crippen LogP) is 7.75. The molecule has 0 amide bonds. The summed E-state index contributed by atoms with van der Waals surface area (Å²) in [6, 6.07) is 13.6. The number of aromatic hydroxyl groups is 2. The summed E-state index contributed by atoms with van der Waals surface area (Å²) in [6.45, 7) is 11.8. The summed E-state index contributed by atoms with van der Waals surface area (Å²) >= 11 is 0. The third-order valence-electron chi connectivity index (χ3n) is 3.66. The maximum absolute atomic E-state index is 9.13. The Morgan fingerprint density at radius 2 is 1.03 bits per heavy atom. The molecule has 0 saturated heterocycles. The largest absolute Gasteiger partial charge is 2.00 e. The summed E-state index contributed by atoms with van der Waals surface area (Å²) in [7, 11) is 0.